The molecular formula is C11H9NO4. The summed E-state index contributed by atoms with van der Waals surface area (Å²) in [6.07, 6.45) is 0.613. The van der Waals surface area contributed by atoms with Crippen LogP contribution in [-0.2, 0) is 6.42 Å². The van der Waals surface area contributed by atoms with Crippen LogP contribution in [0.15, 0.2) is 33.5 Å². The molecule has 0 aliphatic rings. The van der Waals surface area contributed by atoms with Crippen LogP contribution >= 0.6 is 0 Å². The van der Waals surface area contributed by atoms with Crippen molar-refractivity contribution in [2.75, 3.05) is 0 Å². The predicted molar refractivity (Wildman–Crippen MR) is 58.5 cm³/mol. The maximum atomic E-state index is 11.7. The van der Waals surface area contributed by atoms with Gasteiger partial charge in [0, 0.05) is 24.6 Å². The van der Waals surface area contributed by atoms with Crippen molar-refractivity contribution in [3.63, 3.8) is 0 Å². The molecule has 1 heterocycles. The van der Waals surface area contributed by atoms with E-state index in [0.29, 0.717) is 17.8 Å². The van der Waals surface area contributed by atoms with Gasteiger partial charge in [0.2, 0.25) is 0 Å². The molecule has 0 unspecified atom stereocenters. The zero-order chi connectivity index (χ0) is 11.7. The highest BCUT2D eigenvalue weighted by atomic mass is 16.6. The van der Waals surface area contributed by atoms with Crippen LogP contribution in [0.3, 0.4) is 0 Å². The minimum absolute atomic E-state index is 0.107. The third-order valence-electron chi connectivity index (χ3n) is 2.32. The molecule has 2 aromatic rings. The van der Waals surface area contributed by atoms with Crippen molar-refractivity contribution < 1.29 is 9.34 Å². The van der Waals surface area contributed by atoms with Crippen molar-refractivity contribution >= 4 is 16.7 Å². The molecule has 5 nitrogen and oxygen atoms in total. The van der Waals surface area contributed by atoms with Crippen LogP contribution in [0.1, 0.15) is 12.7 Å². The third kappa shape index (κ3) is 1.67. The van der Waals surface area contributed by atoms with Gasteiger partial charge >= 0.3 is 0 Å². The molecule has 0 spiro atoms. The van der Waals surface area contributed by atoms with E-state index in [2.05, 4.69) is 0 Å². The van der Waals surface area contributed by atoms with Gasteiger partial charge in [-0.25, -0.2) is 0 Å². The quantitative estimate of drug-likeness (QED) is 0.573. The third-order valence-corrected chi connectivity index (χ3v) is 2.32. The smallest absolute Gasteiger partial charge is 0.270 e. The van der Waals surface area contributed by atoms with Crippen LogP contribution in [0.4, 0.5) is 5.69 Å². The number of non-ortho nitro benzene ring substituents is 1. The summed E-state index contributed by atoms with van der Waals surface area (Å²) in [5.74, 6) is 0.575. The predicted octanol–water partition coefficient (Wildman–Crippen LogP) is 2.26. The standard InChI is InChI=1S/C11H9NO4/c1-2-8-6-10(13)9-5-7(12(14)15)3-4-11(9)16-8/h3-6H,2H2,1H3. The van der Waals surface area contributed by atoms with E-state index in [1.807, 2.05) is 6.92 Å². The highest BCUT2D eigenvalue weighted by molar-refractivity contribution is 5.79. The average Bonchev–Trinajstić information content (AvgIpc) is 2.28. The molecule has 0 radical (unpaired) electrons. The summed E-state index contributed by atoms with van der Waals surface area (Å²) in [4.78, 5) is 21.7. The Balaban J connectivity index is 2.75. The summed E-state index contributed by atoms with van der Waals surface area (Å²) in [7, 11) is 0. The molecule has 82 valence electrons. The second kappa shape index (κ2) is 3.77. The number of nitro groups is 1. The Morgan fingerprint density at radius 3 is 2.75 bits per heavy atom. The van der Waals surface area contributed by atoms with Crippen LogP contribution in [0.5, 0.6) is 0 Å². The molecule has 0 atom stereocenters. The van der Waals surface area contributed by atoms with Crippen molar-refractivity contribution in [2.45, 2.75) is 13.3 Å². The van der Waals surface area contributed by atoms with Gasteiger partial charge in [0.05, 0.1) is 10.3 Å². The Morgan fingerprint density at radius 1 is 1.38 bits per heavy atom. The first-order valence-electron chi connectivity index (χ1n) is 4.83. The van der Waals surface area contributed by atoms with Gasteiger partial charge in [0.15, 0.2) is 5.43 Å². The van der Waals surface area contributed by atoms with Gasteiger partial charge in [0.25, 0.3) is 5.69 Å². The van der Waals surface area contributed by atoms with E-state index < -0.39 is 4.92 Å². The molecule has 1 aromatic heterocycles. The molecule has 0 amide bonds. The normalized spacial score (nSPS) is 10.6. The molecular weight excluding hydrogens is 210 g/mol. The summed E-state index contributed by atoms with van der Waals surface area (Å²) in [5.41, 5.74) is 0.0285. The van der Waals surface area contributed by atoms with E-state index >= 15 is 0 Å². The fraction of sp³-hybridized carbons (Fsp3) is 0.182. The van der Waals surface area contributed by atoms with E-state index in [9.17, 15) is 14.9 Å². The molecule has 16 heavy (non-hydrogen) atoms. The zero-order valence-electron chi connectivity index (χ0n) is 8.60. The molecule has 0 aliphatic heterocycles. The topological polar surface area (TPSA) is 73.3 Å². The van der Waals surface area contributed by atoms with Crippen molar-refractivity contribution in [2.24, 2.45) is 0 Å². The van der Waals surface area contributed by atoms with Gasteiger partial charge < -0.3 is 4.42 Å². The number of fused-ring (bicyclic) bond motifs is 1. The number of nitro benzene ring substituents is 1. The molecule has 0 saturated heterocycles. The minimum atomic E-state index is -0.535. The molecule has 0 bridgehead atoms. The average molecular weight is 219 g/mol. The molecule has 0 aliphatic carbocycles. The Kier molecular flexibility index (Phi) is 2.44. The Labute approximate surface area is 90.5 Å². The molecule has 2 rings (SSSR count). The second-order valence-corrected chi connectivity index (χ2v) is 3.37. The maximum absolute atomic E-state index is 11.7. The second-order valence-electron chi connectivity index (χ2n) is 3.37. The minimum Gasteiger partial charge on any atom is -0.461 e. The van der Waals surface area contributed by atoms with Crippen LogP contribution in [0.25, 0.3) is 11.0 Å². The van der Waals surface area contributed by atoms with E-state index in [1.165, 1.54) is 24.3 Å². The largest absolute Gasteiger partial charge is 0.461 e. The fourth-order valence-corrected chi connectivity index (χ4v) is 1.48. The van der Waals surface area contributed by atoms with Crippen molar-refractivity contribution in [3.05, 3.63) is 50.4 Å². The maximum Gasteiger partial charge on any atom is 0.270 e. The summed E-state index contributed by atoms with van der Waals surface area (Å²) < 4.78 is 5.40. The molecule has 1 aromatic carbocycles. The van der Waals surface area contributed by atoms with E-state index in [-0.39, 0.29) is 16.5 Å². The highest BCUT2D eigenvalue weighted by Gasteiger charge is 2.10. The van der Waals surface area contributed by atoms with Gasteiger partial charge in [0.1, 0.15) is 11.3 Å². The lowest BCUT2D eigenvalue weighted by Gasteiger charge is -1.99. The zero-order valence-corrected chi connectivity index (χ0v) is 8.60. The number of nitrogens with zero attached hydrogens (tertiary/aromatic N) is 1. The van der Waals surface area contributed by atoms with E-state index in [1.54, 1.807) is 0 Å². The van der Waals surface area contributed by atoms with Crippen LogP contribution in [0, 0.1) is 10.1 Å². The number of rotatable bonds is 2. The summed E-state index contributed by atoms with van der Waals surface area (Å²) in [5, 5.41) is 10.8. The molecule has 5 heteroatoms. The molecule has 0 N–H and O–H groups in total. The Hall–Kier alpha value is -2.17. The fourth-order valence-electron chi connectivity index (χ4n) is 1.48. The lowest BCUT2D eigenvalue weighted by Crippen LogP contribution is -2.02. The van der Waals surface area contributed by atoms with Crippen LogP contribution in [0.2, 0.25) is 0 Å². The SMILES string of the molecule is CCc1cc(=O)c2cc([N+](=O)[O-])ccc2o1. The van der Waals surface area contributed by atoms with Gasteiger partial charge in [-0.1, -0.05) is 6.92 Å². The van der Waals surface area contributed by atoms with Gasteiger partial charge in [-0.05, 0) is 6.07 Å². The lowest BCUT2D eigenvalue weighted by atomic mass is 10.2. The van der Waals surface area contributed by atoms with Crippen molar-refractivity contribution in [3.8, 4) is 0 Å². The summed E-state index contributed by atoms with van der Waals surface area (Å²) in [6, 6.07) is 5.38. The van der Waals surface area contributed by atoms with Gasteiger partial charge in [-0.15, -0.1) is 0 Å². The van der Waals surface area contributed by atoms with E-state index in [4.69, 9.17) is 4.42 Å². The summed E-state index contributed by atoms with van der Waals surface area (Å²) >= 11 is 0. The van der Waals surface area contributed by atoms with Gasteiger partial charge in [-0.3, -0.25) is 14.9 Å². The molecule has 0 fully saturated rings. The van der Waals surface area contributed by atoms with E-state index in [0.717, 1.165) is 0 Å². The highest BCUT2D eigenvalue weighted by Crippen LogP contribution is 2.19. The molecule has 0 saturated carbocycles. The van der Waals surface area contributed by atoms with Crippen LogP contribution < -0.4 is 5.43 Å². The van der Waals surface area contributed by atoms with Crippen LogP contribution in [-0.4, -0.2) is 4.92 Å². The lowest BCUT2D eigenvalue weighted by molar-refractivity contribution is -0.384. The Morgan fingerprint density at radius 2 is 2.12 bits per heavy atom. The first kappa shape index (κ1) is 10.4. The van der Waals surface area contributed by atoms with Crippen molar-refractivity contribution in [1.82, 2.24) is 0 Å². The van der Waals surface area contributed by atoms with Crippen molar-refractivity contribution in [1.29, 1.82) is 0 Å². The number of aryl methyl sites for hydroxylation is 1. The number of hydrogen-bond donors (Lipinski definition) is 0. The van der Waals surface area contributed by atoms with Gasteiger partial charge in [-0.2, -0.15) is 0 Å². The Bertz CT molecular complexity index is 615. The first-order valence-corrected chi connectivity index (χ1v) is 4.83. The first-order chi connectivity index (χ1) is 7.61. The summed E-state index contributed by atoms with van der Waals surface area (Å²) in [6.45, 7) is 1.87. The number of benzene rings is 1. The monoisotopic (exact) mass is 219 g/mol. The number of hydrogen-bond acceptors (Lipinski definition) is 4.